The predicted molar refractivity (Wildman–Crippen MR) is 63.3 cm³/mol. The summed E-state index contributed by atoms with van der Waals surface area (Å²) in [6.45, 7) is 5.98. The molecule has 83 valence electrons. The van der Waals surface area contributed by atoms with Gasteiger partial charge in [-0.25, -0.2) is 0 Å². The third kappa shape index (κ3) is 2.80. The van der Waals surface area contributed by atoms with Gasteiger partial charge in [-0.2, -0.15) is 0 Å². The van der Waals surface area contributed by atoms with E-state index in [2.05, 4.69) is 6.58 Å². The zero-order valence-corrected chi connectivity index (χ0v) is 12.6. The summed E-state index contributed by atoms with van der Waals surface area (Å²) in [5.74, 6) is 0.413. The molecule has 2 nitrogen and oxygen atoms in total. The number of para-hydroxylation sites is 1. The molecule has 1 fully saturated rings. The number of hydrogen-bond donors (Lipinski definition) is 0. The molecule has 2 rings (SSSR count). The molecule has 1 amide bonds. The van der Waals surface area contributed by atoms with Crippen LogP contribution in [0.2, 0.25) is 0 Å². The van der Waals surface area contributed by atoms with Crippen molar-refractivity contribution >= 4 is 11.6 Å². The molecule has 16 heavy (non-hydrogen) atoms. The quantitative estimate of drug-likeness (QED) is 0.728. The summed E-state index contributed by atoms with van der Waals surface area (Å²) in [6.07, 6.45) is 0.577. The number of hydrogen-bond acceptors (Lipinski definition) is 1. The van der Waals surface area contributed by atoms with Gasteiger partial charge in [-0.15, -0.1) is 0 Å². The van der Waals surface area contributed by atoms with Crippen LogP contribution in [0.5, 0.6) is 0 Å². The molecule has 0 bridgehead atoms. The number of allylic oxidation sites excluding steroid dienone is 1. The zero-order chi connectivity index (χ0) is 10.1. The molecule has 1 aromatic carbocycles. The topological polar surface area (TPSA) is 20.3 Å². The maximum atomic E-state index is 11.7. The Labute approximate surface area is 123 Å². The van der Waals surface area contributed by atoms with Gasteiger partial charge in [0.1, 0.15) is 0 Å². The fraction of sp³-hybridized carbons (Fsp3) is 0.231. The normalized spacial score (nSPS) is 19.1. The molecule has 3 heteroatoms. The minimum Gasteiger partial charge on any atom is -0.358 e. The predicted octanol–water partition coefficient (Wildman–Crippen LogP) is 3.02. The van der Waals surface area contributed by atoms with E-state index in [0.29, 0.717) is 6.42 Å². The van der Waals surface area contributed by atoms with E-state index in [4.69, 9.17) is 0 Å². The van der Waals surface area contributed by atoms with Crippen LogP contribution in [0.3, 0.4) is 0 Å². The van der Waals surface area contributed by atoms with Crippen molar-refractivity contribution in [1.29, 1.82) is 0 Å². The Morgan fingerprint density at radius 3 is 2.31 bits per heavy atom. The van der Waals surface area contributed by atoms with Crippen LogP contribution in [0.4, 0.5) is 5.69 Å². The SMILES string of the molecule is C=C1C(C)CC(=O)N1c1ccccc1.[CH3-].[Y]. The fourth-order valence-corrected chi connectivity index (χ4v) is 1.74. The molecule has 1 radical (unpaired) electrons. The standard InChI is InChI=1S/C12H13NO.CH3.Y/c1-9-8-12(14)13(10(9)2)11-6-4-3-5-7-11;;/h3-7,9H,2,8H2,1H3;1H3;/q;-1;. The van der Waals surface area contributed by atoms with E-state index < -0.39 is 0 Å². The first-order valence-corrected chi connectivity index (χ1v) is 4.77. The largest absolute Gasteiger partial charge is 0.358 e. The van der Waals surface area contributed by atoms with Crippen molar-refractivity contribution in [1.82, 2.24) is 0 Å². The third-order valence-electron chi connectivity index (χ3n) is 2.60. The molecule has 0 aromatic heterocycles. The van der Waals surface area contributed by atoms with Crippen molar-refractivity contribution < 1.29 is 37.5 Å². The zero-order valence-electron chi connectivity index (χ0n) is 9.81. The van der Waals surface area contributed by atoms with E-state index in [0.717, 1.165) is 11.4 Å². The number of carbonyl (C=O) groups excluding carboxylic acids is 1. The fourth-order valence-electron chi connectivity index (χ4n) is 1.74. The Morgan fingerprint density at radius 1 is 1.31 bits per heavy atom. The molecule has 1 unspecified atom stereocenters. The molecule has 1 atom stereocenters. The molecule has 1 aliphatic rings. The Bertz CT molecular complexity index is 375. The van der Waals surface area contributed by atoms with Crippen molar-refractivity contribution in [2.45, 2.75) is 13.3 Å². The number of carbonyl (C=O) groups is 1. The molecule has 1 saturated heterocycles. The number of amides is 1. The first kappa shape index (κ1) is 15.5. The van der Waals surface area contributed by atoms with E-state index in [1.807, 2.05) is 37.3 Å². The molecule has 0 N–H and O–H groups in total. The second-order valence-electron chi connectivity index (χ2n) is 3.66. The van der Waals surface area contributed by atoms with Crippen molar-refractivity contribution in [3.63, 3.8) is 0 Å². The number of rotatable bonds is 1. The minimum atomic E-state index is 0. The average molecular weight is 291 g/mol. The van der Waals surface area contributed by atoms with E-state index in [1.54, 1.807) is 4.90 Å². The summed E-state index contributed by atoms with van der Waals surface area (Å²) in [6, 6.07) is 9.66. The van der Waals surface area contributed by atoms with Crippen LogP contribution in [0.1, 0.15) is 13.3 Å². The Balaban J connectivity index is 0.00000112. The van der Waals surface area contributed by atoms with Gasteiger partial charge < -0.3 is 7.43 Å². The number of benzene rings is 1. The van der Waals surface area contributed by atoms with Crippen LogP contribution in [-0.2, 0) is 37.5 Å². The van der Waals surface area contributed by atoms with Gasteiger partial charge in [0.15, 0.2) is 0 Å². The summed E-state index contributed by atoms with van der Waals surface area (Å²) in [5, 5.41) is 0. The smallest absolute Gasteiger partial charge is 0.231 e. The van der Waals surface area contributed by atoms with Crippen LogP contribution < -0.4 is 4.90 Å². The molecule has 1 aromatic rings. The van der Waals surface area contributed by atoms with E-state index in [1.165, 1.54) is 0 Å². The summed E-state index contributed by atoms with van der Waals surface area (Å²) in [7, 11) is 0. The first-order chi connectivity index (χ1) is 6.70. The van der Waals surface area contributed by atoms with Gasteiger partial charge in [0, 0.05) is 56.4 Å². The van der Waals surface area contributed by atoms with Crippen molar-refractivity contribution in [2.24, 2.45) is 5.92 Å². The van der Waals surface area contributed by atoms with E-state index in [-0.39, 0.29) is 52.0 Å². The van der Waals surface area contributed by atoms with E-state index >= 15 is 0 Å². The van der Waals surface area contributed by atoms with Gasteiger partial charge in [0.2, 0.25) is 5.91 Å². The second-order valence-corrected chi connectivity index (χ2v) is 3.66. The van der Waals surface area contributed by atoms with Gasteiger partial charge in [-0.3, -0.25) is 9.69 Å². The van der Waals surface area contributed by atoms with Crippen LogP contribution in [0.15, 0.2) is 42.6 Å². The summed E-state index contributed by atoms with van der Waals surface area (Å²) < 4.78 is 0. The average Bonchev–Trinajstić information content (AvgIpc) is 2.43. The molecule has 0 saturated carbocycles. The molecule has 0 aliphatic carbocycles. The Hall–Kier alpha value is -0.466. The first-order valence-electron chi connectivity index (χ1n) is 4.77. The number of nitrogens with zero attached hydrogens (tertiary/aromatic N) is 1. The van der Waals surface area contributed by atoms with Gasteiger partial charge >= 0.3 is 0 Å². The van der Waals surface area contributed by atoms with Crippen LogP contribution in [0, 0.1) is 13.3 Å². The van der Waals surface area contributed by atoms with Crippen LogP contribution >= 0.6 is 0 Å². The Kier molecular flexibility index (Phi) is 6.13. The molecule has 1 aliphatic heterocycles. The summed E-state index contributed by atoms with van der Waals surface area (Å²) >= 11 is 0. The maximum absolute atomic E-state index is 11.7. The molecule has 1 heterocycles. The van der Waals surface area contributed by atoms with Crippen molar-refractivity contribution in [2.75, 3.05) is 4.90 Å². The van der Waals surface area contributed by atoms with Crippen LogP contribution in [0.25, 0.3) is 0 Å². The summed E-state index contributed by atoms with van der Waals surface area (Å²) in [4.78, 5) is 13.4. The van der Waals surface area contributed by atoms with E-state index in [9.17, 15) is 4.79 Å². The monoisotopic (exact) mass is 291 g/mol. The summed E-state index contributed by atoms with van der Waals surface area (Å²) in [5.41, 5.74) is 1.83. The van der Waals surface area contributed by atoms with Gasteiger partial charge in [-0.05, 0) is 12.1 Å². The maximum Gasteiger partial charge on any atom is 0.231 e. The molecular weight excluding hydrogens is 275 g/mol. The minimum absolute atomic E-state index is 0. The molecule has 0 spiro atoms. The number of anilines is 1. The van der Waals surface area contributed by atoms with Gasteiger partial charge in [-0.1, -0.05) is 31.7 Å². The van der Waals surface area contributed by atoms with Gasteiger partial charge in [0.05, 0.1) is 0 Å². The van der Waals surface area contributed by atoms with Gasteiger partial charge in [0.25, 0.3) is 0 Å². The second kappa shape index (κ2) is 6.31. The van der Waals surface area contributed by atoms with Crippen molar-refractivity contribution in [3.8, 4) is 0 Å². The third-order valence-corrected chi connectivity index (χ3v) is 2.60. The van der Waals surface area contributed by atoms with Crippen molar-refractivity contribution in [3.05, 3.63) is 50.0 Å². The van der Waals surface area contributed by atoms with Crippen LogP contribution in [-0.4, -0.2) is 5.91 Å². The molecular formula is C13H16NOY-. The Morgan fingerprint density at radius 2 is 1.88 bits per heavy atom.